The number of hydrogen-bond donors (Lipinski definition) is 2. The monoisotopic (exact) mass is 397 g/mol. The van der Waals surface area contributed by atoms with E-state index in [0.717, 1.165) is 24.0 Å². The Balaban J connectivity index is 1.47. The Morgan fingerprint density at radius 1 is 1.14 bits per heavy atom. The van der Waals surface area contributed by atoms with Crippen LogP contribution in [0.4, 0.5) is 10.6 Å². The highest BCUT2D eigenvalue weighted by Crippen LogP contribution is 2.16. The maximum Gasteiger partial charge on any atom is 0.409 e. The van der Waals surface area contributed by atoms with Gasteiger partial charge in [-0.3, -0.25) is 4.79 Å². The standard InChI is InChI=1S/C21H27N5O3/c1-3-29-21(28)26-12-10-17(11-13-26)23-19-9-8-18(24-25-19)20(27)22-14-16-7-5-4-6-15(16)2/h4-9,17H,3,10-14H2,1-2H3,(H,22,27)(H,23,25). The van der Waals surface area contributed by atoms with Crippen LogP contribution in [-0.2, 0) is 11.3 Å². The van der Waals surface area contributed by atoms with E-state index in [-0.39, 0.29) is 23.7 Å². The highest BCUT2D eigenvalue weighted by molar-refractivity contribution is 5.92. The van der Waals surface area contributed by atoms with E-state index >= 15 is 0 Å². The van der Waals surface area contributed by atoms with Gasteiger partial charge in [-0.15, -0.1) is 10.2 Å². The molecule has 0 saturated carbocycles. The molecule has 1 aliphatic heterocycles. The van der Waals surface area contributed by atoms with Crippen LogP contribution in [0.3, 0.4) is 0 Å². The Morgan fingerprint density at radius 3 is 2.55 bits per heavy atom. The third kappa shape index (κ3) is 5.66. The second-order valence-corrected chi connectivity index (χ2v) is 7.02. The molecular weight excluding hydrogens is 370 g/mol. The molecule has 0 aliphatic carbocycles. The number of likely N-dealkylation sites (tertiary alicyclic amines) is 1. The number of carbonyl (C=O) groups excluding carboxylic acids is 2. The van der Waals surface area contributed by atoms with Crippen molar-refractivity contribution < 1.29 is 14.3 Å². The lowest BCUT2D eigenvalue weighted by Gasteiger charge is -2.31. The van der Waals surface area contributed by atoms with Gasteiger partial charge in [0.1, 0.15) is 5.82 Å². The predicted octanol–water partition coefficient (Wildman–Crippen LogP) is 2.75. The maximum absolute atomic E-state index is 12.3. The Morgan fingerprint density at radius 2 is 1.90 bits per heavy atom. The fourth-order valence-electron chi connectivity index (χ4n) is 3.24. The minimum atomic E-state index is -0.258. The van der Waals surface area contributed by atoms with Crippen LogP contribution in [0.25, 0.3) is 0 Å². The third-order valence-electron chi connectivity index (χ3n) is 4.97. The molecule has 29 heavy (non-hydrogen) atoms. The zero-order chi connectivity index (χ0) is 20.6. The van der Waals surface area contributed by atoms with Gasteiger partial charge in [-0.05, 0) is 49.9 Å². The fourth-order valence-corrected chi connectivity index (χ4v) is 3.24. The minimum Gasteiger partial charge on any atom is -0.450 e. The van der Waals surface area contributed by atoms with Crippen molar-refractivity contribution in [3.05, 3.63) is 53.2 Å². The second-order valence-electron chi connectivity index (χ2n) is 7.02. The average molecular weight is 397 g/mol. The smallest absolute Gasteiger partial charge is 0.409 e. The van der Waals surface area contributed by atoms with Crippen LogP contribution in [0.2, 0.25) is 0 Å². The summed E-state index contributed by atoms with van der Waals surface area (Å²) in [4.78, 5) is 25.8. The Hall–Kier alpha value is -3.16. The Bertz CT molecular complexity index is 832. The molecule has 0 radical (unpaired) electrons. The van der Waals surface area contributed by atoms with Crippen LogP contribution >= 0.6 is 0 Å². The van der Waals surface area contributed by atoms with Crippen LogP contribution < -0.4 is 10.6 Å². The topological polar surface area (TPSA) is 96.5 Å². The molecule has 0 atom stereocenters. The SMILES string of the molecule is CCOC(=O)N1CCC(Nc2ccc(C(=O)NCc3ccccc3C)nn2)CC1. The number of nitrogens with one attached hydrogen (secondary N) is 2. The number of aryl methyl sites for hydroxylation is 1. The Kier molecular flexibility index (Phi) is 6.99. The fraction of sp³-hybridized carbons (Fsp3) is 0.429. The molecule has 154 valence electrons. The number of anilines is 1. The predicted molar refractivity (Wildman–Crippen MR) is 110 cm³/mol. The summed E-state index contributed by atoms with van der Waals surface area (Å²) < 4.78 is 5.03. The summed E-state index contributed by atoms with van der Waals surface area (Å²) in [6.07, 6.45) is 1.35. The molecule has 2 aromatic rings. The zero-order valence-corrected chi connectivity index (χ0v) is 16.9. The number of piperidine rings is 1. The molecule has 1 fully saturated rings. The van der Waals surface area contributed by atoms with Crippen LogP contribution in [0.1, 0.15) is 41.4 Å². The zero-order valence-electron chi connectivity index (χ0n) is 16.9. The van der Waals surface area contributed by atoms with Gasteiger partial charge in [0, 0.05) is 25.7 Å². The second kappa shape index (κ2) is 9.86. The molecule has 0 bridgehead atoms. The molecule has 1 saturated heterocycles. The molecule has 2 N–H and O–H groups in total. The lowest BCUT2D eigenvalue weighted by atomic mass is 10.1. The summed E-state index contributed by atoms with van der Waals surface area (Å²) >= 11 is 0. The maximum atomic E-state index is 12.3. The van der Waals surface area contributed by atoms with Gasteiger partial charge in [-0.2, -0.15) is 0 Å². The van der Waals surface area contributed by atoms with Crippen molar-refractivity contribution in [3.8, 4) is 0 Å². The van der Waals surface area contributed by atoms with E-state index in [2.05, 4.69) is 20.8 Å². The van der Waals surface area contributed by atoms with Gasteiger partial charge >= 0.3 is 6.09 Å². The summed E-state index contributed by atoms with van der Waals surface area (Å²) in [5, 5.41) is 14.4. The number of rotatable bonds is 6. The van der Waals surface area contributed by atoms with Crippen molar-refractivity contribution in [1.29, 1.82) is 0 Å². The summed E-state index contributed by atoms with van der Waals surface area (Å²) in [5.74, 6) is 0.366. The van der Waals surface area contributed by atoms with Gasteiger partial charge in [0.05, 0.1) is 6.61 Å². The first-order valence-corrected chi connectivity index (χ1v) is 9.91. The molecule has 2 amide bonds. The van der Waals surface area contributed by atoms with E-state index in [0.29, 0.717) is 32.1 Å². The minimum absolute atomic E-state index is 0.204. The molecule has 8 nitrogen and oxygen atoms in total. The van der Waals surface area contributed by atoms with Crippen LogP contribution in [0.5, 0.6) is 0 Å². The van der Waals surface area contributed by atoms with Crippen molar-refractivity contribution in [2.24, 2.45) is 0 Å². The summed E-state index contributed by atoms with van der Waals surface area (Å²) in [5.41, 5.74) is 2.48. The van der Waals surface area contributed by atoms with Crippen molar-refractivity contribution in [1.82, 2.24) is 20.4 Å². The first-order chi connectivity index (χ1) is 14.1. The van der Waals surface area contributed by atoms with E-state index in [1.807, 2.05) is 31.2 Å². The highest BCUT2D eigenvalue weighted by atomic mass is 16.6. The van der Waals surface area contributed by atoms with E-state index in [1.54, 1.807) is 24.0 Å². The van der Waals surface area contributed by atoms with Crippen molar-refractivity contribution in [2.75, 3.05) is 25.0 Å². The van der Waals surface area contributed by atoms with E-state index < -0.39 is 0 Å². The van der Waals surface area contributed by atoms with Crippen molar-refractivity contribution in [2.45, 2.75) is 39.3 Å². The molecule has 1 aliphatic rings. The number of aromatic nitrogens is 2. The molecule has 0 unspecified atom stereocenters. The number of amides is 2. The lowest BCUT2D eigenvalue weighted by molar-refractivity contribution is 0.0944. The quantitative estimate of drug-likeness (QED) is 0.778. The summed E-state index contributed by atoms with van der Waals surface area (Å²) in [7, 11) is 0. The summed E-state index contributed by atoms with van der Waals surface area (Å²) in [6, 6.07) is 11.5. The van der Waals surface area contributed by atoms with Crippen molar-refractivity contribution in [3.63, 3.8) is 0 Å². The lowest BCUT2D eigenvalue weighted by Crippen LogP contribution is -2.42. The van der Waals surface area contributed by atoms with Gasteiger partial charge in [-0.25, -0.2) is 4.79 Å². The van der Waals surface area contributed by atoms with Gasteiger partial charge in [0.15, 0.2) is 5.69 Å². The number of nitrogens with zero attached hydrogens (tertiary/aromatic N) is 3. The summed E-state index contributed by atoms with van der Waals surface area (Å²) in [6.45, 7) is 5.94. The van der Waals surface area contributed by atoms with Gasteiger partial charge < -0.3 is 20.3 Å². The number of benzene rings is 1. The van der Waals surface area contributed by atoms with E-state index in [4.69, 9.17) is 4.74 Å². The average Bonchev–Trinajstić information content (AvgIpc) is 2.74. The molecule has 1 aromatic heterocycles. The molecule has 3 rings (SSSR count). The number of hydrogen-bond acceptors (Lipinski definition) is 6. The first kappa shape index (κ1) is 20.6. The molecular formula is C21H27N5O3. The van der Waals surface area contributed by atoms with E-state index in [1.165, 1.54) is 0 Å². The molecule has 2 heterocycles. The van der Waals surface area contributed by atoms with Crippen LogP contribution in [0.15, 0.2) is 36.4 Å². The third-order valence-corrected chi connectivity index (χ3v) is 4.97. The molecule has 0 spiro atoms. The van der Waals surface area contributed by atoms with Crippen LogP contribution in [0, 0.1) is 6.92 Å². The normalized spacial score (nSPS) is 14.3. The molecule has 8 heteroatoms. The van der Waals surface area contributed by atoms with E-state index in [9.17, 15) is 9.59 Å². The van der Waals surface area contributed by atoms with Crippen LogP contribution in [-0.4, -0.2) is 52.8 Å². The van der Waals surface area contributed by atoms with Crippen molar-refractivity contribution >= 4 is 17.8 Å². The molecule has 1 aromatic carbocycles. The number of ether oxygens (including phenoxy) is 1. The Labute approximate surface area is 170 Å². The van der Waals surface area contributed by atoms with Gasteiger partial charge in [0.25, 0.3) is 5.91 Å². The van der Waals surface area contributed by atoms with Gasteiger partial charge in [-0.1, -0.05) is 24.3 Å². The van der Waals surface area contributed by atoms with Gasteiger partial charge in [0.2, 0.25) is 0 Å². The largest absolute Gasteiger partial charge is 0.450 e. The first-order valence-electron chi connectivity index (χ1n) is 9.91. The number of carbonyl (C=O) groups is 2. The highest BCUT2D eigenvalue weighted by Gasteiger charge is 2.23.